The molecule has 1 fully saturated rings. The number of aliphatic carboxylic acids is 2. The molecule has 6 atom stereocenters. The molecule has 0 spiro atoms. The summed E-state index contributed by atoms with van der Waals surface area (Å²) in [7, 11) is 0. The van der Waals surface area contributed by atoms with Crippen LogP contribution in [-0.4, -0.2) is 34.0 Å². The summed E-state index contributed by atoms with van der Waals surface area (Å²) < 4.78 is 11.6. The topological polar surface area (TPSA) is 151 Å². The first-order valence-electron chi connectivity index (χ1n) is 14.8. The Balaban J connectivity index is 1.26. The lowest BCUT2D eigenvalue weighted by Gasteiger charge is -2.46. The molecule has 46 heavy (non-hydrogen) atoms. The fourth-order valence-corrected chi connectivity index (χ4v) is 5.70. The molecule has 5 rings (SSSR count). The summed E-state index contributed by atoms with van der Waals surface area (Å²) in [5, 5.41) is 25.3. The third-order valence-corrected chi connectivity index (χ3v) is 8.16. The maximum Gasteiger partial charge on any atom is 0.308 e. The molecule has 0 bridgehead atoms. The predicted molar refractivity (Wildman–Crippen MR) is 168 cm³/mol. The fourth-order valence-electron chi connectivity index (χ4n) is 5.70. The van der Waals surface area contributed by atoms with Gasteiger partial charge in [-0.2, -0.15) is 0 Å². The van der Waals surface area contributed by atoms with Crippen LogP contribution >= 0.6 is 0 Å². The molecule has 0 aromatic heterocycles. The molecule has 4 aromatic rings. The summed E-state index contributed by atoms with van der Waals surface area (Å²) in [4.78, 5) is 51.2. The average Bonchev–Trinajstić information content (AvgIpc) is 3.02. The average molecular weight is 623 g/mol. The number of benzene rings is 4. The number of hydrogen-bond acceptors (Lipinski definition) is 6. The SMILES string of the molecule is C[C@H](NC(=O)[C@H]1[C@@H](C(=O)O)[C@H](C(=O)O)[C@@H]1C(=O)N[C@@H](C)c1ccc(Oc2ccccc2)cc1)c1ccc(Oc2ccccc2)cc1. The van der Waals surface area contributed by atoms with Crippen LogP contribution in [0.25, 0.3) is 0 Å². The van der Waals surface area contributed by atoms with Gasteiger partial charge < -0.3 is 30.3 Å². The molecule has 0 unspecified atom stereocenters. The van der Waals surface area contributed by atoms with E-state index >= 15 is 0 Å². The third kappa shape index (κ3) is 7.18. The summed E-state index contributed by atoms with van der Waals surface area (Å²) in [6.45, 7) is 3.44. The van der Waals surface area contributed by atoms with Crippen molar-refractivity contribution in [1.82, 2.24) is 10.6 Å². The molecule has 0 saturated heterocycles. The Morgan fingerprint density at radius 3 is 1.11 bits per heavy atom. The van der Waals surface area contributed by atoms with Gasteiger partial charge in [0.1, 0.15) is 23.0 Å². The molecular formula is C36H34N2O8. The van der Waals surface area contributed by atoms with Crippen molar-refractivity contribution < 1.29 is 38.9 Å². The highest BCUT2D eigenvalue weighted by Gasteiger charge is 2.63. The van der Waals surface area contributed by atoms with Gasteiger partial charge in [0.2, 0.25) is 11.8 Å². The van der Waals surface area contributed by atoms with Crippen molar-refractivity contribution in [3.8, 4) is 23.0 Å². The van der Waals surface area contributed by atoms with Crippen molar-refractivity contribution >= 4 is 23.8 Å². The lowest BCUT2D eigenvalue weighted by atomic mass is 9.55. The van der Waals surface area contributed by atoms with E-state index in [-0.39, 0.29) is 0 Å². The van der Waals surface area contributed by atoms with E-state index in [2.05, 4.69) is 10.6 Å². The molecular weight excluding hydrogens is 588 g/mol. The summed E-state index contributed by atoms with van der Waals surface area (Å²) in [6, 6.07) is 31.4. The first-order chi connectivity index (χ1) is 22.1. The number of rotatable bonds is 12. The van der Waals surface area contributed by atoms with E-state index < -0.39 is 59.5 Å². The van der Waals surface area contributed by atoms with E-state index in [9.17, 15) is 29.4 Å². The van der Waals surface area contributed by atoms with Crippen LogP contribution in [0, 0.1) is 23.7 Å². The molecule has 1 aliphatic rings. The molecule has 4 N–H and O–H groups in total. The minimum Gasteiger partial charge on any atom is -0.481 e. The molecule has 1 saturated carbocycles. The van der Waals surface area contributed by atoms with Crippen molar-refractivity contribution in [2.45, 2.75) is 25.9 Å². The van der Waals surface area contributed by atoms with Crippen molar-refractivity contribution in [2.24, 2.45) is 23.7 Å². The fraction of sp³-hybridized carbons (Fsp3) is 0.222. The van der Waals surface area contributed by atoms with Gasteiger partial charge in [-0.3, -0.25) is 19.2 Å². The van der Waals surface area contributed by atoms with Crippen LogP contribution in [-0.2, 0) is 19.2 Å². The minimum atomic E-state index is -1.56. The van der Waals surface area contributed by atoms with Gasteiger partial charge in [-0.1, -0.05) is 60.7 Å². The van der Waals surface area contributed by atoms with Crippen LogP contribution in [0.15, 0.2) is 109 Å². The standard InChI is InChI=1S/C36H34N2O8/c1-21(23-13-17-27(18-14-23)45-25-9-5-3-6-10-25)37-33(39)29-30(32(36(43)44)31(29)35(41)42)34(40)38-22(2)24-15-19-28(20-16-24)46-26-11-7-4-8-12-26/h3-22,29-32H,1-2H3,(H,37,39)(H,38,40)(H,41,42)(H,43,44)/t21-,22-,29+,30+,31+,32+/m0/s1. The zero-order chi connectivity index (χ0) is 32.8. The van der Waals surface area contributed by atoms with Crippen molar-refractivity contribution in [3.05, 3.63) is 120 Å². The summed E-state index contributed by atoms with van der Waals surface area (Å²) in [5.41, 5.74) is 1.42. The van der Waals surface area contributed by atoms with Crippen molar-refractivity contribution in [2.75, 3.05) is 0 Å². The Bertz CT molecular complexity index is 1550. The number of carboxylic acid groups (broad SMARTS) is 2. The minimum absolute atomic E-state index is 0.559. The van der Waals surface area contributed by atoms with Gasteiger partial charge in [0.05, 0.1) is 35.8 Å². The molecule has 0 heterocycles. The Labute approximate surface area is 266 Å². The summed E-state index contributed by atoms with van der Waals surface area (Å²) >= 11 is 0. The van der Waals surface area contributed by atoms with Crippen molar-refractivity contribution in [3.63, 3.8) is 0 Å². The number of hydrogen-bond donors (Lipinski definition) is 4. The zero-order valence-corrected chi connectivity index (χ0v) is 25.2. The molecule has 10 heteroatoms. The quantitative estimate of drug-likeness (QED) is 0.151. The van der Waals surface area contributed by atoms with Crippen LogP contribution in [0.3, 0.4) is 0 Å². The highest BCUT2D eigenvalue weighted by atomic mass is 16.5. The number of amides is 2. The molecule has 4 aromatic carbocycles. The van der Waals surface area contributed by atoms with Gasteiger partial charge in [-0.25, -0.2) is 0 Å². The maximum atomic E-state index is 13.5. The Morgan fingerprint density at radius 2 is 0.804 bits per heavy atom. The lowest BCUT2D eigenvalue weighted by Crippen LogP contribution is -2.63. The third-order valence-electron chi connectivity index (χ3n) is 8.16. The van der Waals surface area contributed by atoms with Gasteiger partial charge in [0, 0.05) is 0 Å². The predicted octanol–water partition coefficient (Wildman–Crippen LogP) is 5.97. The van der Waals surface area contributed by atoms with E-state index in [1.165, 1.54) is 0 Å². The summed E-state index contributed by atoms with van der Waals surface area (Å²) in [6.07, 6.45) is 0. The molecule has 2 amide bonds. The second-order valence-corrected chi connectivity index (χ2v) is 11.2. The van der Waals surface area contributed by atoms with Crippen molar-refractivity contribution in [1.29, 1.82) is 0 Å². The van der Waals surface area contributed by atoms with Crippen LogP contribution in [0.1, 0.15) is 37.1 Å². The van der Waals surface area contributed by atoms with Crippen LogP contribution in [0.4, 0.5) is 0 Å². The number of carbonyl (C=O) groups is 4. The van der Waals surface area contributed by atoms with Gasteiger partial charge in [-0.15, -0.1) is 0 Å². The molecule has 1 aliphatic carbocycles. The number of carboxylic acids is 2. The highest BCUT2D eigenvalue weighted by molar-refractivity contribution is 5.99. The normalized spacial score (nSPS) is 19.9. The number of ether oxygens (including phenoxy) is 2. The van der Waals surface area contributed by atoms with Gasteiger partial charge in [0.25, 0.3) is 0 Å². The van der Waals surface area contributed by atoms with Gasteiger partial charge in [0.15, 0.2) is 0 Å². The molecule has 0 aliphatic heterocycles. The Hall–Kier alpha value is -5.64. The van der Waals surface area contributed by atoms with E-state index in [0.717, 1.165) is 0 Å². The number of nitrogens with one attached hydrogen (secondary N) is 2. The van der Waals surface area contributed by atoms with E-state index in [1.54, 1.807) is 62.4 Å². The summed E-state index contributed by atoms with van der Waals surface area (Å²) in [5.74, 6) is -7.69. The first kappa shape index (κ1) is 31.8. The lowest BCUT2D eigenvalue weighted by molar-refractivity contribution is -0.182. The second-order valence-electron chi connectivity index (χ2n) is 11.2. The smallest absolute Gasteiger partial charge is 0.308 e. The largest absolute Gasteiger partial charge is 0.481 e. The second kappa shape index (κ2) is 14.0. The number of carbonyl (C=O) groups excluding carboxylic acids is 2. The Morgan fingerprint density at radius 1 is 0.500 bits per heavy atom. The number of para-hydroxylation sites is 2. The van der Waals surface area contributed by atoms with E-state index in [0.29, 0.717) is 34.1 Å². The molecule has 236 valence electrons. The molecule has 0 radical (unpaired) electrons. The molecule has 10 nitrogen and oxygen atoms in total. The maximum absolute atomic E-state index is 13.5. The first-order valence-corrected chi connectivity index (χ1v) is 14.8. The van der Waals surface area contributed by atoms with Crippen LogP contribution in [0.5, 0.6) is 23.0 Å². The van der Waals surface area contributed by atoms with E-state index in [1.807, 2.05) is 60.7 Å². The highest BCUT2D eigenvalue weighted by Crippen LogP contribution is 2.47. The van der Waals surface area contributed by atoms with Crippen LogP contribution in [0.2, 0.25) is 0 Å². The van der Waals surface area contributed by atoms with Crippen LogP contribution < -0.4 is 20.1 Å². The zero-order valence-electron chi connectivity index (χ0n) is 25.2. The monoisotopic (exact) mass is 622 g/mol. The Kier molecular flexibility index (Phi) is 9.66. The van der Waals surface area contributed by atoms with E-state index in [4.69, 9.17) is 9.47 Å². The van der Waals surface area contributed by atoms with Gasteiger partial charge >= 0.3 is 11.9 Å². The van der Waals surface area contributed by atoms with Gasteiger partial charge in [-0.05, 0) is 73.5 Å².